The molecule has 0 aliphatic rings. The molecular weight excluding hydrogens is 374 g/mol. The van der Waals surface area contributed by atoms with Gasteiger partial charge in [0.2, 0.25) is 0 Å². The van der Waals surface area contributed by atoms with Gasteiger partial charge in [-0.1, -0.05) is 52.0 Å². The normalized spacial score (nSPS) is 12.4. The van der Waals surface area contributed by atoms with Crippen LogP contribution >= 0.6 is 0 Å². The Morgan fingerprint density at radius 2 is 1.57 bits per heavy atom. The number of aromatic nitrogens is 3. The molecule has 1 aromatic heterocycles. The molecule has 0 bridgehead atoms. The molecule has 0 fully saturated rings. The monoisotopic (exact) mass is 407 g/mol. The van der Waals surface area contributed by atoms with Gasteiger partial charge in [-0.25, -0.2) is 9.67 Å². The summed E-state index contributed by atoms with van der Waals surface area (Å²) in [5.41, 5.74) is 2.02. The smallest absolute Gasteiger partial charge is 0.249 e. The molecule has 0 spiro atoms. The Kier molecular flexibility index (Phi) is 8.59. The second-order valence-corrected chi connectivity index (χ2v) is 9.76. The van der Waals surface area contributed by atoms with Crippen LogP contribution in [0, 0.1) is 11.8 Å². The van der Waals surface area contributed by atoms with E-state index in [2.05, 4.69) is 42.5 Å². The number of nitrogens with zero attached hydrogens (tertiary/aromatic N) is 4. The molecule has 2 aromatic rings. The van der Waals surface area contributed by atoms with Crippen molar-refractivity contribution in [3.8, 4) is 0 Å². The van der Waals surface area contributed by atoms with E-state index in [1.807, 2.05) is 24.3 Å². The van der Waals surface area contributed by atoms with Crippen molar-refractivity contribution >= 4 is 10.2 Å². The average molecular weight is 408 g/mol. The Labute approximate surface area is 169 Å². The lowest BCUT2D eigenvalue weighted by atomic mass is 10.1. The summed E-state index contributed by atoms with van der Waals surface area (Å²) in [6.07, 6.45) is 4.89. The van der Waals surface area contributed by atoms with E-state index in [0.29, 0.717) is 31.5 Å². The van der Waals surface area contributed by atoms with Crippen LogP contribution in [0.4, 0.5) is 0 Å². The van der Waals surface area contributed by atoms with Crippen molar-refractivity contribution < 1.29 is 8.42 Å². The summed E-state index contributed by atoms with van der Waals surface area (Å²) in [6.45, 7) is 10.5. The average Bonchev–Trinajstić information content (AvgIpc) is 3.13. The summed E-state index contributed by atoms with van der Waals surface area (Å²) in [5.74, 6) is 0.934. The fraction of sp³-hybridized carbons (Fsp3) is 0.600. The topological polar surface area (TPSA) is 80.1 Å². The van der Waals surface area contributed by atoms with E-state index in [0.717, 1.165) is 24.0 Å². The highest BCUT2D eigenvalue weighted by Crippen LogP contribution is 2.11. The molecule has 0 aliphatic carbocycles. The molecule has 8 heteroatoms. The molecule has 0 amide bonds. The van der Waals surface area contributed by atoms with Gasteiger partial charge in [0.25, 0.3) is 10.2 Å². The molecule has 0 atom stereocenters. The van der Waals surface area contributed by atoms with Crippen LogP contribution in [-0.2, 0) is 23.3 Å². The van der Waals surface area contributed by atoms with Crippen molar-refractivity contribution in [2.45, 2.75) is 53.6 Å². The maximum atomic E-state index is 12.8. The van der Waals surface area contributed by atoms with Crippen LogP contribution in [0.3, 0.4) is 0 Å². The highest BCUT2D eigenvalue weighted by Gasteiger charge is 2.21. The molecule has 0 saturated heterocycles. The third-order valence-corrected chi connectivity index (χ3v) is 6.10. The predicted octanol–water partition coefficient (Wildman–Crippen LogP) is 3.06. The Morgan fingerprint density at radius 3 is 2.07 bits per heavy atom. The van der Waals surface area contributed by atoms with E-state index in [9.17, 15) is 8.42 Å². The van der Waals surface area contributed by atoms with Crippen molar-refractivity contribution in [1.29, 1.82) is 0 Å². The van der Waals surface area contributed by atoms with Crippen molar-refractivity contribution in [1.82, 2.24) is 23.8 Å². The number of benzene rings is 1. The lowest BCUT2D eigenvalue weighted by Gasteiger charge is -2.24. The lowest BCUT2D eigenvalue weighted by Crippen LogP contribution is -2.42. The van der Waals surface area contributed by atoms with Gasteiger partial charge in [-0.2, -0.15) is 22.5 Å². The summed E-state index contributed by atoms with van der Waals surface area (Å²) < 4.78 is 31.7. The highest BCUT2D eigenvalue weighted by molar-refractivity contribution is 7.87. The number of hydrogen-bond acceptors (Lipinski definition) is 4. The molecular formula is C20H33N5O2S. The number of nitrogens with one attached hydrogen (secondary N) is 1. The van der Waals surface area contributed by atoms with Gasteiger partial charge in [-0.15, -0.1) is 0 Å². The Hall–Kier alpha value is -1.77. The molecule has 2 rings (SSSR count). The third kappa shape index (κ3) is 7.69. The van der Waals surface area contributed by atoms with Gasteiger partial charge in [0.15, 0.2) is 0 Å². The van der Waals surface area contributed by atoms with Crippen LogP contribution in [0.2, 0.25) is 0 Å². The van der Waals surface area contributed by atoms with Crippen molar-refractivity contribution in [3.05, 3.63) is 48.0 Å². The maximum absolute atomic E-state index is 12.8. The van der Waals surface area contributed by atoms with E-state index >= 15 is 0 Å². The Morgan fingerprint density at radius 1 is 1.00 bits per heavy atom. The van der Waals surface area contributed by atoms with Gasteiger partial charge in [-0.3, -0.25) is 0 Å². The van der Waals surface area contributed by atoms with Crippen LogP contribution in [-0.4, -0.2) is 40.6 Å². The minimum Gasteiger partial charge on any atom is -0.249 e. The second kappa shape index (κ2) is 10.7. The summed E-state index contributed by atoms with van der Waals surface area (Å²) in [6, 6.07) is 7.87. The summed E-state index contributed by atoms with van der Waals surface area (Å²) >= 11 is 0. The van der Waals surface area contributed by atoms with Crippen molar-refractivity contribution in [3.63, 3.8) is 0 Å². The minimum absolute atomic E-state index is 0.284. The molecule has 1 heterocycles. The SMILES string of the molecule is CC(C)CCN(CCC(C)C)S(=O)(=O)NCc1ccc(Cn2cncn2)cc1. The van der Waals surface area contributed by atoms with E-state index in [-0.39, 0.29) is 6.54 Å². The third-order valence-electron chi connectivity index (χ3n) is 4.54. The van der Waals surface area contributed by atoms with Crippen LogP contribution < -0.4 is 4.72 Å². The van der Waals surface area contributed by atoms with Crippen molar-refractivity contribution in [2.75, 3.05) is 13.1 Å². The first-order valence-electron chi connectivity index (χ1n) is 9.91. The zero-order valence-corrected chi connectivity index (χ0v) is 18.2. The summed E-state index contributed by atoms with van der Waals surface area (Å²) in [4.78, 5) is 3.93. The highest BCUT2D eigenvalue weighted by atomic mass is 32.2. The standard InChI is InChI=1S/C20H33N5O2S/c1-17(2)9-11-25(12-10-18(3)4)28(26,27)23-13-19-5-7-20(8-6-19)14-24-16-21-15-22-24/h5-8,15-18,23H,9-14H2,1-4H3. The quantitative estimate of drug-likeness (QED) is 0.586. The molecule has 1 N–H and O–H groups in total. The first-order chi connectivity index (χ1) is 13.3. The van der Waals surface area contributed by atoms with Gasteiger partial charge in [-0.05, 0) is 35.8 Å². The van der Waals surface area contributed by atoms with Crippen molar-refractivity contribution in [2.24, 2.45) is 11.8 Å². The minimum atomic E-state index is -3.50. The Bertz CT molecular complexity index is 775. The van der Waals surface area contributed by atoms with Crippen LogP contribution in [0.5, 0.6) is 0 Å². The summed E-state index contributed by atoms with van der Waals surface area (Å²) in [7, 11) is -3.50. The van der Waals surface area contributed by atoms with E-state index in [4.69, 9.17) is 0 Å². The zero-order valence-electron chi connectivity index (χ0n) is 17.4. The molecule has 28 heavy (non-hydrogen) atoms. The van der Waals surface area contributed by atoms with E-state index < -0.39 is 10.2 Å². The first-order valence-corrected chi connectivity index (χ1v) is 11.3. The molecule has 1 aromatic carbocycles. The maximum Gasteiger partial charge on any atom is 0.279 e. The zero-order chi connectivity index (χ0) is 20.6. The first kappa shape index (κ1) is 22.5. The molecule has 7 nitrogen and oxygen atoms in total. The second-order valence-electron chi connectivity index (χ2n) is 8.00. The van der Waals surface area contributed by atoms with Gasteiger partial charge < -0.3 is 0 Å². The fourth-order valence-corrected chi connectivity index (χ4v) is 3.91. The lowest BCUT2D eigenvalue weighted by molar-refractivity contribution is 0.352. The van der Waals surface area contributed by atoms with Crippen LogP contribution in [0.1, 0.15) is 51.7 Å². The van der Waals surface area contributed by atoms with E-state index in [1.165, 1.54) is 6.33 Å². The van der Waals surface area contributed by atoms with Gasteiger partial charge >= 0.3 is 0 Å². The molecule has 156 valence electrons. The number of rotatable bonds is 12. The van der Waals surface area contributed by atoms with E-state index in [1.54, 1.807) is 15.3 Å². The van der Waals surface area contributed by atoms with Crippen LogP contribution in [0.25, 0.3) is 0 Å². The number of hydrogen-bond donors (Lipinski definition) is 1. The van der Waals surface area contributed by atoms with Crippen LogP contribution in [0.15, 0.2) is 36.9 Å². The van der Waals surface area contributed by atoms with Gasteiger partial charge in [0.05, 0.1) is 6.54 Å². The molecule has 0 unspecified atom stereocenters. The Balaban J connectivity index is 1.94. The largest absolute Gasteiger partial charge is 0.279 e. The molecule has 0 saturated carbocycles. The fourth-order valence-electron chi connectivity index (χ4n) is 2.69. The van der Waals surface area contributed by atoms with Gasteiger partial charge in [0, 0.05) is 19.6 Å². The van der Waals surface area contributed by atoms with Gasteiger partial charge in [0.1, 0.15) is 12.7 Å². The molecule has 0 radical (unpaired) electrons. The predicted molar refractivity (Wildman–Crippen MR) is 112 cm³/mol. The molecule has 0 aliphatic heterocycles. The summed E-state index contributed by atoms with van der Waals surface area (Å²) in [5, 5.41) is 4.09.